The quantitative estimate of drug-likeness (QED) is 0.203. The Kier molecular flexibility index (Phi) is 13.2. The number of hydrogen-bond donors (Lipinski definition) is 0. The predicted molar refractivity (Wildman–Crippen MR) is 115 cm³/mol. The van der Waals surface area contributed by atoms with Crippen molar-refractivity contribution in [3.05, 3.63) is 35.9 Å². The lowest BCUT2D eigenvalue weighted by atomic mass is 9.88. The zero-order valence-corrected chi connectivity index (χ0v) is 17.6. The summed E-state index contributed by atoms with van der Waals surface area (Å²) < 4.78 is 0. The van der Waals surface area contributed by atoms with Crippen LogP contribution in [-0.2, 0) is 6.42 Å². The number of benzene rings is 1. The van der Waals surface area contributed by atoms with E-state index in [2.05, 4.69) is 44.2 Å². The van der Waals surface area contributed by atoms with Crippen molar-refractivity contribution in [1.82, 2.24) is 0 Å². The van der Waals surface area contributed by atoms with Crippen molar-refractivity contribution in [3.63, 3.8) is 0 Å². The molecule has 0 saturated carbocycles. The molecule has 0 amide bonds. The van der Waals surface area contributed by atoms with E-state index in [9.17, 15) is 0 Å². The van der Waals surface area contributed by atoms with Crippen molar-refractivity contribution in [2.75, 3.05) is 0 Å². The molecule has 0 radical (unpaired) electrons. The maximum atomic E-state index is 7.13. The first-order chi connectivity index (χ1) is 12.2. The number of halogens is 1. The molecule has 1 aromatic carbocycles. The molecule has 0 aliphatic heterocycles. The van der Waals surface area contributed by atoms with Crippen LogP contribution in [0.2, 0.25) is 0 Å². The first-order valence-electron chi connectivity index (χ1n) is 10.9. The second-order valence-corrected chi connectivity index (χ2v) is 8.65. The van der Waals surface area contributed by atoms with Gasteiger partial charge in [0.05, 0.1) is 0 Å². The van der Waals surface area contributed by atoms with Gasteiger partial charge in [-0.1, -0.05) is 121 Å². The Morgan fingerprint density at radius 1 is 0.640 bits per heavy atom. The summed E-state index contributed by atoms with van der Waals surface area (Å²) in [7, 11) is 0. The zero-order valence-electron chi connectivity index (χ0n) is 16.9. The van der Waals surface area contributed by atoms with Gasteiger partial charge in [0.2, 0.25) is 0 Å². The van der Waals surface area contributed by atoms with Crippen molar-refractivity contribution in [2.24, 2.45) is 0 Å². The van der Waals surface area contributed by atoms with Crippen molar-refractivity contribution in [1.29, 1.82) is 0 Å². The van der Waals surface area contributed by atoms with Crippen LogP contribution in [0.1, 0.15) is 109 Å². The largest absolute Gasteiger partial charge is 0.119 e. The highest BCUT2D eigenvalue weighted by Crippen LogP contribution is 2.33. The molecule has 25 heavy (non-hydrogen) atoms. The predicted octanol–water partition coefficient (Wildman–Crippen LogP) is 8.71. The van der Waals surface area contributed by atoms with Gasteiger partial charge in [-0.25, -0.2) is 0 Å². The maximum absolute atomic E-state index is 7.13. The third-order valence-electron chi connectivity index (χ3n) is 5.32. The topological polar surface area (TPSA) is 0 Å². The highest BCUT2D eigenvalue weighted by molar-refractivity contribution is 6.24. The molecule has 0 nitrogen and oxygen atoms in total. The lowest BCUT2D eigenvalue weighted by Gasteiger charge is -2.27. The molecule has 0 aliphatic carbocycles. The second-order valence-electron chi connectivity index (χ2n) is 7.85. The Bertz CT molecular complexity index is 400. The summed E-state index contributed by atoms with van der Waals surface area (Å²) in [6.07, 6.45) is 19.6. The summed E-state index contributed by atoms with van der Waals surface area (Å²) in [6.45, 7) is 4.56. The molecule has 1 aromatic rings. The van der Waals surface area contributed by atoms with Crippen LogP contribution >= 0.6 is 11.6 Å². The standard InChI is InChI=1S/C24H41Cl/c1-3-5-7-9-10-11-12-17-21-24(25,20-16-8-6-4-2)22-23-18-14-13-15-19-23/h13-15,18-19H,3-12,16-17,20-22H2,1-2H3. The van der Waals surface area contributed by atoms with Gasteiger partial charge in [-0.05, 0) is 24.8 Å². The minimum atomic E-state index is -0.0305. The van der Waals surface area contributed by atoms with Crippen LogP contribution < -0.4 is 0 Å². The van der Waals surface area contributed by atoms with Crippen LogP contribution in [0, 0.1) is 0 Å². The molecule has 1 atom stereocenters. The number of hydrogen-bond acceptors (Lipinski definition) is 0. The molecule has 0 aromatic heterocycles. The summed E-state index contributed by atoms with van der Waals surface area (Å²) in [5.74, 6) is 0. The van der Waals surface area contributed by atoms with Gasteiger partial charge >= 0.3 is 0 Å². The summed E-state index contributed by atoms with van der Waals surface area (Å²) in [5, 5.41) is 0. The summed E-state index contributed by atoms with van der Waals surface area (Å²) >= 11 is 7.13. The summed E-state index contributed by atoms with van der Waals surface area (Å²) in [6, 6.07) is 10.8. The molecule has 0 spiro atoms. The molecule has 1 rings (SSSR count). The van der Waals surface area contributed by atoms with Crippen LogP contribution in [0.4, 0.5) is 0 Å². The van der Waals surface area contributed by atoms with E-state index in [1.807, 2.05) is 0 Å². The molecular weight excluding hydrogens is 324 g/mol. The monoisotopic (exact) mass is 364 g/mol. The Balaban J connectivity index is 2.34. The van der Waals surface area contributed by atoms with Crippen molar-refractivity contribution >= 4 is 11.6 Å². The van der Waals surface area contributed by atoms with Crippen molar-refractivity contribution in [3.8, 4) is 0 Å². The Hall–Kier alpha value is -0.490. The van der Waals surface area contributed by atoms with Gasteiger partial charge in [-0.15, -0.1) is 11.6 Å². The Morgan fingerprint density at radius 2 is 1.08 bits per heavy atom. The first-order valence-corrected chi connectivity index (χ1v) is 11.3. The van der Waals surface area contributed by atoms with Gasteiger partial charge in [-0.2, -0.15) is 0 Å². The van der Waals surface area contributed by atoms with Gasteiger partial charge < -0.3 is 0 Å². The number of rotatable bonds is 16. The smallest absolute Gasteiger partial charge is 0.0487 e. The average molecular weight is 365 g/mol. The maximum Gasteiger partial charge on any atom is 0.0487 e. The van der Waals surface area contributed by atoms with Crippen LogP contribution in [-0.4, -0.2) is 4.87 Å². The van der Waals surface area contributed by atoms with Crippen LogP contribution in [0.3, 0.4) is 0 Å². The molecule has 0 heterocycles. The van der Waals surface area contributed by atoms with Crippen LogP contribution in [0.5, 0.6) is 0 Å². The van der Waals surface area contributed by atoms with Crippen LogP contribution in [0.25, 0.3) is 0 Å². The molecule has 1 heteroatoms. The SMILES string of the molecule is CCCCCCCCCCC(Cl)(CCCCCC)Cc1ccccc1. The molecule has 1 unspecified atom stereocenters. The first kappa shape index (κ1) is 22.6. The Labute approximate surface area is 162 Å². The van der Waals surface area contributed by atoms with E-state index in [-0.39, 0.29) is 4.87 Å². The molecule has 0 bridgehead atoms. The van der Waals surface area contributed by atoms with Gasteiger partial charge in [-0.3, -0.25) is 0 Å². The number of unbranched alkanes of at least 4 members (excludes halogenated alkanes) is 10. The van der Waals surface area contributed by atoms with E-state index in [0.29, 0.717) is 0 Å². The normalized spacial score (nSPS) is 13.7. The minimum absolute atomic E-state index is 0.0305. The molecule has 0 N–H and O–H groups in total. The fraction of sp³-hybridized carbons (Fsp3) is 0.750. The third-order valence-corrected chi connectivity index (χ3v) is 5.83. The van der Waals surface area contributed by atoms with E-state index >= 15 is 0 Å². The van der Waals surface area contributed by atoms with Gasteiger partial charge in [0.15, 0.2) is 0 Å². The fourth-order valence-electron chi connectivity index (χ4n) is 3.71. The van der Waals surface area contributed by atoms with E-state index < -0.39 is 0 Å². The molecular formula is C24H41Cl. The molecule has 144 valence electrons. The minimum Gasteiger partial charge on any atom is -0.119 e. The van der Waals surface area contributed by atoms with Crippen LogP contribution in [0.15, 0.2) is 30.3 Å². The number of alkyl halides is 1. The molecule has 0 fully saturated rings. The average Bonchev–Trinajstić information content (AvgIpc) is 2.62. The summed E-state index contributed by atoms with van der Waals surface area (Å²) in [5.41, 5.74) is 1.40. The lowest BCUT2D eigenvalue weighted by molar-refractivity contribution is 0.432. The second kappa shape index (κ2) is 14.7. The van der Waals surface area contributed by atoms with Crippen molar-refractivity contribution < 1.29 is 0 Å². The fourth-order valence-corrected chi connectivity index (χ4v) is 4.13. The van der Waals surface area contributed by atoms with Gasteiger partial charge in [0.25, 0.3) is 0 Å². The third kappa shape index (κ3) is 11.7. The molecule has 0 aliphatic rings. The Morgan fingerprint density at radius 3 is 1.60 bits per heavy atom. The van der Waals surface area contributed by atoms with E-state index in [0.717, 1.165) is 6.42 Å². The zero-order chi connectivity index (χ0) is 18.2. The van der Waals surface area contributed by atoms with E-state index in [1.54, 1.807) is 0 Å². The lowest BCUT2D eigenvalue weighted by Crippen LogP contribution is -2.24. The highest BCUT2D eigenvalue weighted by Gasteiger charge is 2.26. The molecule has 0 saturated heterocycles. The van der Waals surface area contributed by atoms with Crippen molar-refractivity contribution in [2.45, 2.75) is 115 Å². The van der Waals surface area contributed by atoms with E-state index in [4.69, 9.17) is 11.6 Å². The summed E-state index contributed by atoms with van der Waals surface area (Å²) in [4.78, 5) is -0.0305. The highest BCUT2D eigenvalue weighted by atomic mass is 35.5. The van der Waals surface area contributed by atoms with E-state index in [1.165, 1.54) is 95.5 Å². The van der Waals surface area contributed by atoms with Gasteiger partial charge in [0, 0.05) is 4.87 Å². The van der Waals surface area contributed by atoms with Gasteiger partial charge in [0.1, 0.15) is 0 Å².